The minimum absolute atomic E-state index is 0.0316. The van der Waals surface area contributed by atoms with Gasteiger partial charge < -0.3 is 9.88 Å². The highest BCUT2D eigenvalue weighted by Crippen LogP contribution is 2.13. The third-order valence-electron chi connectivity index (χ3n) is 2.11. The number of hydrogen-bond donors (Lipinski definition) is 1. The first kappa shape index (κ1) is 13.0. The van der Waals surface area contributed by atoms with E-state index in [0.29, 0.717) is 12.3 Å². The molecule has 0 saturated carbocycles. The van der Waals surface area contributed by atoms with Crippen molar-refractivity contribution in [1.29, 1.82) is 0 Å². The van der Waals surface area contributed by atoms with Crippen LogP contribution in [0.1, 0.15) is 10.7 Å². The summed E-state index contributed by atoms with van der Waals surface area (Å²) in [4.78, 5) is 15.9. The number of nitrogens with one attached hydrogen (secondary N) is 1. The molecule has 0 aliphatic rings. The molecule has 1 amide bonds. The van der Waals surface area contributed by atoms with E-state index in [4.69, 9.17) is 0 Å². The number of carbonyl (C=O) groups excluding carboxylic acids is 1. The zero-order valence-corrected chi connectivity index (χ0v) is 11.7. The molecule has 0 unspecified atom stereocenters. The SMILES string of the molecule is Cc1csc(CNC(=O)CSc2nncn2C)n1. The minimum Gasteiger partial charge on any atom is -0.349 e. The van der Waals surface area contributed by atoms with Gasteiger partial charge in [0.25, 0.3) is 0 Å². The molecular weight excluding hydrogens is 270 g/mol. The maximum atomic E-state index is 11.6. The Morgan fingerprint density at radius 3 is 3.06 bits per heavy atom. The smallest absolute Gasteiger partial charge is 0.230 e. The van der Waals surface area contributed by atoms with Crippen LogP contribution in [-0.2, 0) is 18.4 Å². The Bertz CT molecular complexity index is 536. The van der Waals surface area contributed by atoms with E-state index < -0.39 is 0 Å². The van der Waals surface area contributed by atoms with Crippen molar-refractivity contribution in [2.45, 2.75) is 18.6 Å². The lowest BCUT2D eigenvalue weighted by Crippen LogP contribution is -2.24. The molecule has 0 bridgehead atoms. The summed E-state index contributed by atoms with van der Waals surface area (Å²) in [7, 11) is 1.85. The molecule has 0 atom stereocenters. The molecule has 1 N–H and O–H groups in total. The number of thiazole rings is 1. The summed E-state index contributed by atoms with van der Waals surface area (Å²) in [5.74, 6) is 0.299. The van der Waals surface area contributed by atoms with Crippen LogP contribution in [0.25, 0.3) is 0 Å². The third kappa shape index (κ3) is 3.54. The van der Waals surface area contributed by atoms with Gasteiger partial charge in [0.05, 0.1) is 12.3 Å². The van der Waals surface area contributed by atoms with Crippen molar-refractivity contribution in [2.75, 3.05) is 5.75 Å². The van der Waals surface area contributed by atoms with Crippen LogP contribution in [0.5, 0.6) is 0 Å². The molecule has 0 aliphatic heterocycles. The molecule has 0 radical (unpaired) electrons. The van der Waals surface area contributed by atoms with Gasteiger partial charge in [-0.25, -0.2) is 4.98 Å². The lowest BCUT2D eigenvalue weighted by Gasteiger charge is -2.02. The lowest BCUT2D eigenvalue weighted by atomic mass is 10.5. The van der Waals surface area contributed by atoms with Gasteiger partial charge in [-0.1, -0.05) is 11.8 Å². The maximum absolute atomic E-state index is 11.6. The van der Waals surface area contributed by atoms with Gasteiger partial charge in [0.1, 0.15) is 11.3 Å². The van der Waals surface area contributed by atoms with Crippen molar-refractivity contribution in [3.8, 4) is 0 Å². The number of amides is 1. The number of aryl methyl sites for hydroxylation is 2. The summed E-state index contributed by atoms with van der Waals surface area (Å²) < 4.78 is 1.78. The van der Waals surface area contributed by atoms with E-state index in [1.54, 1.807) is 22.2 Å². The number of thioether (sulfide) groups is 1. The van der Waals surface area contributed by atoms with Gasteiger partial charge in [-0.3, -0.25) is 4.79 Å². The summed E-state index contributed by atoms with van der Waals surface area (Å²) in [5, 5.41) is 14.1. The molecule has 0 aliphatic carbocycles. The molecule has 0 spiro atoms. The number of carbonyl (C=O) groups is 1. The Kier molecular flexibility index (Phi) is 4.32. The zero-order valence-electron chi connectivity index (χ0n) is 10.1. The van der Waals surface area contributed by atoms with E-state index in [2.05, 4.69) is 20.5 Å². The first-order valence-corrected chi connectivity index (χ1v) is 7.16. The molecule has 2 rings (SSSR count). The first-order valence-electron chi connectivity index (χ1n) is 5.29. The van der Waals surface area contributed by atoms with Crippen LogP contribution in [0.3, 0.4) is 0 Å². The van der Waals surface area contributed by atoms with Crippen LogP contribution in [0.15, 0.2) is 16.9 Å². The molecule has 2 aromatic rings. The van der Waals surface area contributed by atoms with Crippen LogP contribution in [0.2, 0.25) is 0 Å². The normalized spacial score (nSPS) is 10.6. The molecule has 18 heavy (non-hydrogen) atoms. The topological polar surface area (TPSA) is 72.7 Å². The second kappa shape index (κ2) is 5.96. The summed E-state index contributed by atoms with van der Waals surface area (Å²) in [6.45, 7) is 2.42. The first-order chi connectivity index (χ1) is 8.65. The maximum Gasteiger partial charge on any atom is 0.230 e. The Balaban J connectivity index is 1.74. The van der Waals surface area contributed by atoms with Gasteiger partial charge in [-0.2, -0.15) is 0 Å². The summed E-state index contributed by atoms with van der Waals surface area (Å²) in [5.41, 5.74) is 0.984. The lowest BCUT2D eigenvalue weighted by molar-refractivity contribution is -0.118. The van der Waals surface area contributed by atoms with Gasteiger partial charge in [-0.05, 0) is 6.92 Å². The molecule has 2 heterocycles. The Labute approximate surface area is 113 Å². The molecule has 0 saturated heterocycles. The molecule has 0 aromatic carbocycles. The van der Waals surface area contributed by atoms with Gasteiger partial charge in [0, 0.05) is 18.1 Å². The van der Waals surface area contributed by atoms with E-state index in [-0.39, 0.29) is 5.91 Å². The number of hydrogen-bond acceptors (Lipinski definition) is 6. The number of nitrogens with zero attached hydrogens (tertiary/aromatic N) is 4. The summed E-state index contributed by atoms with van der Waals surface area (Å²) in [6, 6.07) is 0. The van der Waals surface area contributed by atoms with Crippen molar-refractivity contribution in [3.63, 3.8) is 0 Å². The highest BCUT2D eigenvalue weighted by molar-refractivity contribution is 7.99. The van der Waals surface area contributed by atoms with Crippen molar-refractivity contribution < 1.29 is 4.79 Å². The van der Waals surface area contributed by atoms with Gasteiger partial charge in [0.2, 0.25) is 5.91 Å². The monoisotopic (exact) mass is 283 g/mol. The summed E-state index contributed by atoms with van der Waals surface area (Å²) >= 11 is 2.91. The Morgan fingerprint density at radius 2 is 2.44 bits per heavy atom. The number of aromatic nitrogens is 4. The van der Waals surface area contributed by atoms with E-state index >= 15 is 0 Å². The van der Waals surface area contributed by atoms with Crippen LogP contribution >= 0.6 is 23.1 Å². The summed E-state index contributed by atoms with van der Waals surface area (Å²) in [6.07, 6.45) is 1.61. The van der Waals surface area contributed by atoms with Crippen molar-refractivity contribution in [1.82, 2.24) is 25.1 Å². The predicted molar refractivity (Wildman–Crippen MR) is 70.4 cm³/mol. The van der Waals surface area contributed by atoms with Gasteiger partial charge in [-0.15, -0.1) is 21.5 Å². The standard InChI is InChI=1S/C10H13N5OS2/c1-7-4-17-9(13-7)3-11-8(16)5-18-10-14-12-6-15(10)2/h4,6H,3,5H2,1-2H3,(H,11,16). The largest absolute Gasteiger partial charge is 0.349 e. The fraction of sp³-hybridized carbons (Fsp3) is 0.400. The van der Waals surface area contributed by atoms with Crippen molar-refractivity contribution in [2.24, 2.45) is 7.05 Å². The highest BCUT2D eigenvalue weighted by Gasteiger charge is 2.07. The fourth-order valence-corrected chi connectivity index (χ4v) is 2.67. The Morgan fingerprint density at radius 1 is 1.61 bits per heavy atom. The zero-order chi connectivity index (χ0) is 13.0. The van der Waals surface area contributed by atoms with Crippen LogP contribution < -0.4 is 5.32 Å². The minimum atomic E-state index is -0.0316. The highest BCUT2D eigenvalue weighted by atomic mass is 32.2. The molecule has 2 aromatic heterocycles. The number of rotatable bonds is 5. The molecule has 96 valence electrons. The van der Waals surface area contributed by atoms with Gasteiger partial charge in [0.15, 0.2) is 5.16 Å². The van der Waals surface area contributed by atoms with E-state index in [9.17, 15) is 4.79 Å². The fourth-order valence-electron chi connectivity index (χ4n) is 1.24. The molecule has 0 fully saturated rings. The van der Waals surface area contributed by atoms with E-state index in [1.807, 2.05) is 19.4 Å². The van der Waals surface area contributed by atoms with Crippen LogP contribution in [0, 0.1) is 6.92 Å². The second-order valence-corrected chi connectivity index (χ2v) is 5.56. The quantitative estimate of drug-likeness (QED) is 0.828. The average molecular weight is 283 g/mol. The van der Waals surface area contributed by atoms with Crippen LogP contribution in [-0.4, -0.2) is 31.4 Å². The predicted octanol–water partition coefficient (Wildman–Crippen LogP) is 0.989. The third-order valence-corrected chi connectivity index (χ3v) is 4.11. The van der Waals surface area contributed by atoms with E-state index in [1.165, 1.54) is 11.8 Å². The second-order valence-electron chi connectivity index (χ2n) is 3.67. The average Bonchev–Trinajstić information content (AvgIpc) is 2.93. The van der Waals surface area contributed by atoms with E-state index in [0.717, 1.165) is 15.9 Å². The van der Waals surface area contributed by atoms with Gasteiger partial charge >= 0.3 is 0 Å². The van der Waals surface area contributed by atoms with Crippen molar-refractivity contribution in [3.05, 3.63) is 22.4 Å². The van der Waals surface area contributed by atoms with Crippen LogP contribution in [0.4, 0.5) is 0 Å². The molecule has 8 heteroatoms. The molecule has 6 nitrogen and oxygen atoms in total. The van der Waals surface area contributed by atoms with Crippen molar-refractivity contribution >= 4 is 29.0 Å². The molecular formula is C10H13N5OS2. The Hall–Kier alpha value is -1.41.